The molecule has 0 fully saturated rings. The molecule has 2 nitrogen and oxygen atoms in total. The number of hydrogen-bond acceptors (Lipinski definition) is 2. The van der Waals surface area contributed by atoms with Crippen molar-refractivity contribution >= 4 is 5.97 Å². The molecule has 0 saturated carbocycles. The SMILES string of the molecule is C=C(C)C(=O)OC(F)(C(F)F)C(F)F. The maximum Gasteiger partial charge on any atom is 0.371 e. The van der Waals surface area contributed by atoms with E-state index in [0.29, 0.717) is 0 Å². The van der Waals surface area contributed by atoms with Crippen molar-refractivity contribution in [3.8, 4) is 0 Å². The molecule has 0 aliphatic rings. The van der Waals surface area contributed by atoms with Crippen molar-refractivity contribution in [2.75, 3.05) is 0 Å². The summed E-state index contributed by atoms with van der Waals surface area (Å²) in [6.07, 6.45) is -8.24. The summed E-state index contributed by atoms with van der Waals surface area (Å²) in [5.74, 6) is -6.20. The molecule has 0 atom stereocenters. The van der Waals surface area contributed by atoms with Crippen molar-refractivity contribution in [2.24, 2.45) is 0 Å². The molecular formula is C7H7F5O2. The number of ether oxygens (including phenoxy) is 1. The van der Waals surface area contributed by atoms with E-state index in [1.54, 1.807) is 0 Å². The van der Waals surface area contributed by atoms with E-state index >= 15 is 0 Å². The van der Waals surface area contributed by atoms with E-state index in [1.807, 2.05) is 0 Å². The summed E-state index contributed by atoms with van der Waals surface area (Å²) in [5, 5.41) is 0. The van der Waals surface area contributed by atoms with Gasteiger partial charge in [0, 0.05) is 5.57 Å². The predicted molar refractivity (Wildman–Crippen MR) is 36.8 cm³/mol. The molecule has 0 aliphatic heterocycles. The van der Waals surface area contributed by atoms with E-state index in [9.17, 15) is 26.7 Å². The van der Waals surface area contributed by atoms with Crippen LogP contribution in [-0.2, 0) is 9.53 Å². The molecular weight excluding hydrogens is 211 g/mol. The molecule has 0 aromatic rings. The maximum absolute atomic E-state index is 12.7. The summed E-state index contributed by atoms with van der Waals surface area (Å²) >= 11 is 0. The first kappa shape index (κ1) is 12.9. The molecule has 0 aromatic heterocycles. The summed E-state index contributed by atoms with van der Waals surface area (Å²) in [7, 11) is 0. The number of esters is 1. The van der Waals surface area contributed by atoms with Crippen LogP contribution >= 0.6 is 0 Å². The molecule has 0 saturated heterocycles. The number of alkyl halides is 5. The van der Waals surface area contributed by atoms with Crippen LogP contribution in [0.1, 0.15) is 6.92 Å². The van der Waals surface area contributed by atoms with Gasteiger partial charge >= 0.3 is 24.7 Å². The van der Waals surface area contributed by atoms with Crippen LogP contribution in [0.5, 0.6) is 0 Å². The van der Waals surface area contributed by atoms with E-state index in [1.165, 1.54) is 0 Å². The first-order valence-corrected chi connectivity index (χ1v) is 3.36. The van der Waals surface area contributed by atoms with Crippen LogP contribution in [0.4, 0.5) is 22.0 Å². The topological polar surface area (TPSA) is 26.3 Å². The molecule has 0 amide bonds. The normalized spacial score (nSPS) is 12.0. The van der Waals surface area contributed by atoms with Gasteiger partial charge in [0.2, 0.25) is 0 Å². The van der Waals surface area contributed by atoms with Crippen molar-refractivity contribution in [1.29, 1.82) is 0 Å². The van der Waals surface area contributed by atoms with Gasteiger partial charge < -0.3 is 4.74 Å². The molecule has 0 radical (unpaired) electrons. The second-order valence-electron chi connectivity index (χ2n) is 2.47. The number of rotatable bonds is 4. The number of hydrogen-bond donors (Lipinski definition) is 0. The lowest BCUT2D eigenvalue weighted by molar-refractivity contribution is -0.265. The van der Waals surface area contributed by atoms with Crippen LogP contribution in [0.2, 0.25) is 0 Å². The third-order valence-corrected chi connectivity index (χ3v) is 1.19. The average Bonchev–Trinajstić information content (AvgIpc) is 2.02. The highest BCUT2D eigenvalue weighted by atomic mass is 19.3. The Balaban J connectivity index is 4.70. The third kappa shape index (κ3) is 2.68. The van der Waals surface area contributed by atoms with Crippen LogP contribution < -0.4 is 0 Å². The van der Waals surface area contributed by atoms with Gasteiger partial charge in [0.15, 0.2) is 0 Å². The van der Waals surface area contributed by atoms with Gasteiger partial charge in [-0.25, -0.2) is 22.4 Å². The van der Waals surface area contributed by atoms with Crippen molar-refractivity contribution in [2.45, 2.75) is 25.6 Å². The molecule has 0 spiro atoms. The lowest BCUT2D eigenvalue weighted by atomic mass is 10.3. The third-order valence-electron chi connectivity index (χ3n) is 1.19. The van der Waals surface area contributed by atoms with Gasteiger partial charge in [0.1, 0.15) is 0 Å². The Bertz CT molecular complexity index is 230. The second kappa shape index (κ2) is 4.39. The zero-order valence-electron chi connectivity index (χ0n) is 7.07. The summed E-state index contributed by atoms with van der Waals surface area (Å²) < 4.78 is 63.2. The lowest BCUT2D eigenvalue weighted by Crippen LogP contribution is -2.44. The van der Waals surface area contributed by atoms with E-state index in [0.717, 1.165) is 6.92 Å². The number of halogens is 5. The summed E-state index contributed by atoms with van der Waals surface area (Å²) in [4.78, 5) is 10.5. The van der Waals surface area contributed by atoms with Gasteiger partial charge in [-0.2, -0.15) is 4.39 Å². The Labute approximate surface area is 76.3 Å². The van der Waals surface area contributed by atoms with Crippen LogP contribution in [0.3, 0.4) is 0 Å². The smallest absolute Gasteiger partial charge is 0.371 e. The Morgan fingerprint density at radius 2 is 1.64 bits per heavy atom. The first-order valence-electron chi connectivity index (χ1n) is 3.36. The zero-order valence-corrected chi connectivity index (χ0v) is 7.07. The molecule has 0 rings (SSSR count). The van der Waals surface area contributed by atoms with Crippen molar-refractivity contribution in [3.63, 3.8) is 0 Å². The summed E-state index contributed by atoms with van der Waals surface area (Å²) in [5.41, 5.74) is -0.451. The fourth-order valence-corrected chi connectivity index (χ4v) is 0.414. The Hall–Kier alpha value is -1.14. The number of carbonyl (C=O) groups excluding carboxylic acids is 1. The summed E-state index contributed by atoms with van der Waals surface area (Å²) in [6.45, 7) is 3.94. The van der Waals surface area contributed by atoms with Crippen LogP contribution in [0.15, 0.2) is 12.2 Å². The lowest BCUT2D eigenvalue weighted by Gasteiger charge is -2.23. The molecule has 0 bridgehead atoms. The second-order valence-corrected chi connectivity index (χ2v) is 2.47. The summed E-state index contributed by atoms with van der Waals surface area (Å²) in [6, 6.07) is 0. The van der Waals surface area contributed by atoms with Gasteiger partial charge in [-0.3, -0.25) is 0 Å². The van der Waals surface area contributed by atoms with Gasteiger partial charge in [0.25, 0.3) is 0 Å². The molecule has 82 valence electrons. The Morgan fingerprint density at radius 3 is 1.86 bits per heavy atom. The fourth-order valence-electron chi connectivity index (χ4n) is 0.414. The average molecular weight is 218 g/mol. The van der Waals surface area contributed by atoms with Gasteiger partial charge in [-0.05, 0) is 6.92 Å². The van der Waals surface area contributed by atoms with E-state index in [2.05, 4.69) is 11.3 Å². The molecule has 0 heterocycles. The predicted octanol–water partition coefficient (Wildman–Crippen LogP) is 2.30. The van der Waals surface area contributed by atoms with E-state index in [-0.39, 0.29) is 0 Å². The van der Waals surface area contributed by atoms with Crippen molar-refractivity contribution in [3.05, 3.63) is 12.2 Å². The van der Waals surface area contributed by atoms with Gasteiger partial charge in [0.05, 0.1) is 0 Å². The van der Waals surface area contributed by atoms with E-state index in [4.69, 9.17) is 0 Å². The number of carbonyl (C=O) groups is 1. The largest absolute Gasteiger partial charge is 0.414 e. The highest BCUT2D eigenvalue weighted by Crippen LogP contribution is 2.30. The standard InChI is InChI=1S/C7H7F5O2/c1-3(2)4(13)14-7(12,5(8)9)6(10)11/h5-6H,1H2,2H3. The fraction of sp³-hybridized carbons (Fsp3) is 0.571. The molecule has 0 unspecified atom stereocenters. The van der Waals surface area contributed by atoms with Crippen molar-refractivity contribution < 1.29 is 31.5 Å². The minimum atomic E-state index is -4.57. The highest BCUT2D eigenvalue weighted by molar-refractivity contribution is 5.87. The molecule has 0 aliphatic carbocycles. The molecule has 0 aromatic carbocycles. The van der Waals surface area contributed by atoms with Gasteiger partial charge in [-0.15, -0.1) is 0 Å². The zero-order chi connectivity index (χ0) is 11.5. The van der Waals surface area contributed by atoms with Crippen molar-refractivity contribution in [1.82, 2.24) is 0 Å². The molecule has 0 N–H and O–H groups in total. The Morgan fingerprint density at radius 1 is 1.29 bits per heavy atom. The van der Waals surface area contributed by atoms with Gasteiger partial charge in [-0.1, -0.05) is 6.58 Å². The monoisotopic (exact) mass is 218 g/mol. The first-order chi connectivity index (χ1) is 6.21. The molecule has 14 heavy (non-hydrogen) atoms. The van der Waals surface area contributed by atoms with Crippen LogP contribution in [0.25, 0.3) is 0 Å². The minimum Gasteiger partial charge on any atom is -0.414 e. The van der Waals surface area contributed by atoms with Crippen LogP contribution in [0, 0.1) is 0 Å². The highest BCUT2D eigenvalue weighted by Gasteiger charge is 2.53. The van der Waals surface area contributed by atoms with E-state index < -0.39 is 30.2 Å². The molecule has 7 heteroatoms. The minimum absolute atomic E-state index is 0.451. The maximum atomic E-state index is 12.7. The quantitative estimate of drug-likeness (QED) is 0.411. The Kier molecular flexibility index (Phi) is 4.03. The van der Waals surface area contributed by atoms with Crippen LogP contribution in [-0.4, -0.2) is 24.7 Å².